The Morgan fingerprint density at radius 2 is 1.91 bits per heavy atom. The minimum atomic E-state index is -1.52. The van der Waals surface area contributed by atoms with E-state index >= 15 is 13.2 Å². The van der Waals surface area contributed by atoms with E-state index in [1.54, 1.807) is 0 Å². The molecule has 4 nitrogen and oxygen atoms in total. The van der Waals surface area contributed by atoms with Crippen LogP contribution in [0.25, 0.3) is 5.57 Å². The number of fused-ring (bicyclic) bond motifs is 2. The van der Waals surface area contributed by atoms with E-state index in [0.29, 0.717) is 12.8 Å². The Bertz CT molecular complexity index is 1040. The van der Waals surface area contributed by atoms with Crippen molar-refractivity contribution in [2.45, 2.75) is 37.5 Å². The van der Waals surface area contributed by atoms with Crippen molar-refractivity contribution in [1.82, 2.24) is 4.90 Å². The van der Waals surface area contributed by atoms with Gasteiger partial charge in [0.2, 0.25) is 0 Å². The largest absolute Gasteiger partial charge is 0.491 e. The van der Waals surface area contributed by atoms with E-state index in [2.05, 4.69) is 0 Å². The van der Waals surface area contributed by atoms with Gasteiger partial charge in [-0.2, -0.15) is 0 Å². The summed E-state index contributed by atoms with van der Waals surface area (Å²) in [7, 11) is 0. The molecule has 1 aliphatic carbocycles. The molecule has 32 heavy (non-hydrogen) atoms. The van der Waals surface area contributed by atoms with E-state index < -0.39 is 23.3 Å². The third-order valence-electron chi connectivity index (χ3n) is 6.71. The van der Waals surface area contributed by atoms with Gasteiger partial charge in [-0.1, -0.05) is 24.3 Å². The second-order valence-corrected chi connectivity index (χ2v) is 8.98. The maximum Gasteiger partial charge on any atom is 0.169 e. The van der Waals surface area contributed by atoms with Crippen LogP contribution in [0.1, 0.15) is 36.1 Å². The van der Waals surface area contributed by atoms with E-state index in [9.17, 15) is 0 Å². The lowest BCUT2D eigenvalue weighted by Crippen LogP contribution is -2.57. The van der Waals surface area contributed by atoms with E-state index in [1.807, 2.05) is 36.1 Å². The van der Waals surface area contributed by atoms with Gasteiger partial charge in [-0.15, -0.1) is 0 Å². The highest BCUT2D eigenvalue weighted by atomic mass is 19.1. The topological polar surface area (TPSA) is 41.9 Å². The van der Waals surface area contributed by atoms with Crippen molar-refractivity contribution in [3.8, 4) is 5.75 Å². The quantitative estimate of drug-likeness (QED) is 0.723. The monoisotopic (exact) mass is 445 g/mol. The summed E-state index contributed by atoms with van der Waals surface area (Å²) in [5.41, 5.74) is 2.66. The third kappa shape index (κ3) is 3.62. The molecular formula is C25H26F3NO3. The lowest BCUT2D eigenvalue weighted by atomic mass is 9.83. The Morgan fingerprint density at radius 1 is 1.19 bits per heavy atom. The Balaban J connectivity index is 1.61. The van der Waals surface area contributed by atoms with Crippen LogP contribution in [0.2, 0.25) is 0 Å². The standard InChI is InChI=1S/C25H26F3NO3/c1-15-8-19-18-5-3-2-4-16(18)9-20(19)24(29(15)12-25(28)13-31-14-25)23-21(26)10-17(11-22(23)27)32-7-6-30/h2-5,10-11,15,24,30H,6-9,12-14H2,1H3/t15-,24+/m1/s1. The van der Waals surface area contributed by atoms with Crippen LogP contribution in [0.15, 0.2) is 42.0 Å². The van der Waals surface area contributed by atoms with Crippen LogP contribution in [0, 0.1) is 11.6 Å². The molecule has 2 heterocycles. The van der Waals surface area contributed by atoms with Crippen LogP contribution in [-0.4, -0.2) is 54.7 Å². The zero-order chi connectivity index (χ0) is 22.5. The Morgan fingerprint density at radius 3 is 2.56 bits per heavy atom. The van der Waals surface area contributed by atoms with Crippen molar-refractivity contribution in [3.63, 3.8) is 0 Å². The number of halogens is 3. The summed E-state index contributed by atoms with van der Waals surface area (Å²) >= 11 is 0. The number of hydrogen-bond acceptors (Lipinski definition) is 4. The zero-order valence-electron chi connectivity index (χ0n) is 17.9. The van der Waals surface area contributed by atoms with Gasteiger partial charge in [-0.05, 0) is 42.0 Å². The van der Waals surface area contributed by atoms with Gasteiger partial charge in [0.1, 0.15) is 24.0 Å². The molecule has 1 fully saturated rings. The molecule has 2 aliphatic heterocycles. The van der Waals surface area contributed by atoms with Gasteiger partial charge in [-0.3, -0.25) is 4.90 Å². The Labute approximate surface area is 185 Å². The third-order valence-corrected chi connectivity index (χ3v) is 6.71. The normalized spacial score (nSPS) is 24.2. The maximum atomic E-state index is 15.4. The molecule has 1 N–H and O–H groups in total. The molecule has 0 aromatic heterocycles. The summed E-state index contributed by atoms with van der Waals surface area (Å²) in [6.07, 6.45) is 1.28. The number of alkyl halides is 1. The number of ether oxygens (including phenoxy) is 2. The summed E-state index contributed by atoms with van der Waals surface area (Å²) in [5.74, 6) is -1.45. The highest BCUT2D eigenvalue weighted by molar-refractivity contribution is 5.79. The number of benzene rings is 2. The van der Waals surface area contributed by atoms with Crippen LogP contribution < -0.4 is 4.74 Å². The van der Waals surface area contributed by atoms with Crippen LogP contribution in [0.3, 0.4) is 0 Å². The molecule has 5 rings (SSSR count). The molecule has 0 saturated carbocycles. The molecule has 0 spiro atoms. The molecule has 2 aromatic carbocycles. The summed E-state index contributed by atoms with van der Waals surface area (Å²) in [6, 6.07) is 9.48. The van der Waals surface area contributed by atoms with Crippen LogP contribution >= 0.6 is 0 Å². The number of aliphatic hydroxyl groups excluding tert-OH is 1. The summed E-state index contributed by atoms with van der Waals surface area (Å²) in [6.45, 7) is 1.71. The van der Waals surface area contributed by atoms with Gasteiger partial charge in [0.25, 0.3) is 0 Å². The smallest absolute Gasteiger partial charge is 0.169 e. The first-order valence-electron chi connectivity index (χ1n) is 11.0. The van der Waals surface area contributed by atoms with Gasteiger partial charge in [0.05, 0.1) is 25.9 Å². The highest BCUT2D eigenvalue weighted by Crippen LogP contribution is 2.50. The molecular weight excluding hydrogens is 419 g/mol. The van der Waals surface area contributed by atoms with Crippen molar-refractivity contribution in [2.24, 2.45) is 0 Å². The predicted octanol–water partition coefficient (Wildman–Crippen LogP) is 4.22. The van der Waals surface area contributed by atoms with E-state index in [0.717, 1.165) is 34.4 Å². The fraction of sp³-hybridized carbons (Fsp3) is 0.440. The van der Waals surface area contributed by atoms with Crippen molar-refractivity contribution in [2.75, 3.05) is 33.0 Å². The molecule has 0 amide bonds. The molecule has 7 heteroatoms. The minimum absolute atomic E-state index is 0.00598. The molecule has 2 atom stereocenters. The van der Waals surface area contributed by atoms with Crippen molar-refractivity contribution in [1.29, 1.82) is 0 Å². The van der Waals surface area contributed by atoms with Gasteiger partial charge in [0.15, 0.2) is 5.67 Å². The fourth-order valence-corrected chi connectivity index (χ4v) is 5.22. The molecule has 1 saturated heterocycles. The SMILES string of the molecule is C[C@@H]1CC2=C(Cc3ccccc32)[C@@H](c2c(F)cc(OCCO)cc2F)N1CC1(F)COC1. The zero-order valence-corrected chi connectivity index (χ0v) is 17.9. The lowest BCUT2D eigenvalue weighted by molar-refractivity contribution is -0.147. The average molecular weight is 445 g/mol. The van der Waals surface area contributed by atoms with Gasteiger partial charge < -0.3 is 14.6 Å². The van der Waals surface area contributed by atoms with Crippen molar-refractivity contribution in [3.05, 3.63) is 70.3 Å². The van der Waals surface area contributed by atoms with Gasteiger partial charge in [-0.25, -0.2) is 13.2 Å². The predicted molar refractivity (Wildman–Crippen MR) is 114 cm³/mol. The molecule has 0 bridgehead atoms. The first-order chi connectivity index (χ1) is 15.4. The second-order valence-electron chi connectivity index (χ2n) is 8.98. The van der Waals surface area contributed by atoms with Crippen LogP contribution in [0.5, 0.6) is 5.75 Å². The molecule has 3 aliphatic rings. The number of aliphatic hydroxyl groups is 1. The van der Waals surface area contributed by atoms with Crippen LogP contribution in [0.4, 0.5) is 13.2 Å². The van der Waals surface area contributed by atoms with Crippen molar-refractivity contribution < 1.29 is 27.8 Å². The highest BCUT2D eigenvalue weighted by Gasteiger charge is 2.47. The van der Waals surface area contributed by atoms with E-state index in [1.165, 1.54) is 0 Å². The van der Waals surface area contributed by atoms with Gasteiger partial charge in [0, 0.05) is 30.3 Å². The number of hydrogen-bond donors (Lipinski definition) is 1. The summed E-state index contributed by atoms with van der Waals surface area (Å²) in [4.78, 5) is 1.89. The molecule has 0 unspecified atom stereocenters. The average Bonchev–Trinajstić information content (AvgIpc) is 3.10. The van der Waals surface area contributed by atoms with E-state index in [-0.39, 0.29) is 50.3 Å². The maximum absolute atomic E-state index is 15.4. The molecule has 0 radical (unpaired) electrons. The fourth-order valence-electron chi connectivity index (χ4n) is 5.22. The summed E-state index contributed by atoms with van der Waals surface area (Å²) < 4.78 is 56.2. The van der Waals surface area contributed by atoms with Crippen molar-refractivity contribution >= 4 is 5.57 Å². The molecule has 2 aromatic rings. The van der Waals surface area contributed by atoms with Crippen LogP contribution in [-0.2, 0) is 11.2 Å². The second kappa shape index (κ2) is 8.21. The lowest BCUT2D eigenvalue weighted by Gasteiger charge is -2.47. The first-order valence-corrected chi connectivity index (χ1v) is 11.0. The van der Waals surface area contributed by atoms with E-state index in [4.69, 9.17) is 14.6 Å². The Kier molecular flexibility index (Phi) is 5.51. The first kappa shape index (κ1) is 21.5. The minimum Gasteiger partial charge on any atom is -0.491 e. The van der Waals surface area contributed by atoms with Gasteiger partial charge >= 0.3 is 0 Å². The summed E-state index contributed by atoms with van der Waals surface area (Å²) in [5, 5.41) is 8.94. The molecule has 170 valence electrons. The number of rotatable bonds is 6. The Hall–Kier alpha value is -2.35. The number of nitrogens with zero attached hydrogens (tertiary/aromatic N) is 1.